The fraction of sp³-hybridized carbons (Fsp3) is 0.200. The van der Waals surface area contributed by atoms with Crippen LogP contribution in [-0.2, 0) is 4.79 Å². The molecule has 4 rings (SSSR count). The lowest BCUT2D eigenvalue weighted by molar-refractivity contribution is -0.115. The topological polar surface area (TPSA) is 117 Å². The average Bonchev–Trinajstić information content (AvgIpc) is 3.16. The molecule has 148 valence electrons. The van der Waals surface area contributed by atoms with Crippen LogP contribution in [0, 0.1) is 0 Å². The third-order valence-electron chi connectivity index (χ3n) is 4.73. The molecule has 9 heteroatoms. The van der Waals surface area contributed by atoms with E-state index in [1.54, 1.807) is 44.2 Å². The molecule has 0 bridgehead atoms. The maximum atomic E-state index is 12.2. The minimum Gasteiger partial charge on any atom is -0.493 e. The van der Waals surface area contributed by atoms with Gasteiger partial charge in [-0.25, -0.2) is 4.68 Å². The van der Waals surface area contributed by atoms with Gasteiger partial charge in [-0.15, -0.1) is 5.10 Å². The number of allylic oxidation sites excluding steroid dienone is 1. The summed E-state index contributed by atoms with van der Waals surface area (Å²) in [6, 6.07) is 10.3. The normalized spacial score (nSPS) is 15.5. The summed E-state index contributed by atoms with van der Waals surface area (Å²) in [4.78, 5) is 21.2. The van der Waals surface area contributed by atoms with Gasteiger partial charge < -0.3 is 20.5 Å². The smallest absolute Gasteiger partial charge is 0.248 e. The van der Waals surface area contributed by atoms with Gasteiger partial charge in [0.05, 0.1) is 25.5 Å². The van der Waals surface area contributed by atoms with Crippen LogP contribution in [0.1, 0.15) is 18.7 Å². The molecule has 3 heterocycles. The van der Waals surface area contributed by atoms with E-state index >= 15 is 0 Å². The number of ether oxygens (including phenoxy) is 2. The largest absolute Gasteiger partial charge is 0.493 e. The third-order valence-corrected chi connectivity index (χ3v) is 4.73. The molecule has 2 aromatic heterocycles. The zero-order valence-corrected chi connectivity index (χ0v) is 16.2. The quantitative estimate of drug-likeness (QED) is 0.683. The fourth-order valence-electron chi connectivity index (χ4n) is 3.38. The number of aromatic nitrogens is 4. The van der Waals surface area contributed by atoms with E-state index in [9.17, 15) is 4.79 Å². The number of primary amides is 1. The van der Waals surface area contributed by atoms with Gasteiger partial charge in [0.25, 0.3) is 0 Å². The molecule has 29 heavy (non-hydrogen) atoms. The first-order valence-electron chi connectivity index (χ1n) is 8.91. The van der Waals surface area contributed by atoms with E-state index in [1.807, 2.05) is 24.3 Å². The molecular formula is C20H20N6O3. The minimum absolute atomic E-state index is 0.389. The zero-order valence-electron chi connectivity index (χ0n) is 16.2. The molecule has 0 saturated carbocycles. The molecule has 0 unspecified atom stereocenters. The summed E-state index contributed by atoms with van der Waals surface area (Å²) in [7, 11) is 3.14. The van der Waals surface area contributed by atoms with E-state index in [0.717, 1.165) is 5.56 Å². The Morgan fingerprint density at radius 1 is 1.17 bits per heavy atom. The highest BCUT2D eigenvalue weighted by molar-refractivity contribution is 5.95. The van der Waals surface area contributed by atoms with Crippen LogP contribution < -0.4 is 20.5 Å². The predicted molar refractivity (Wildman–Crippen MR) is 106 cm³/mol. The van der Waals surface area contributed by atoms with Crippen LogP contribution in [-0.4, -0.2) is 39.9 Å². The SMILES string of the molecule is COc1ccc(-c2nc3n(n2)[C@@H](c2ccccn2)C(C(N)=O)=C(C)N3)cc1OC. The molecular weight excluding hydrogens is 372 g/mol. The number of nitrogens with one attached hydrogen (secondary N) is 1. The van der Waals surface area contributed by atoms with Crippen molar-refractivity contribution in [1.82, 2.24) is 19.7 Å². The first kappa shape index (κ1) is 18.5. The summed E-state index contributed by atoms with van der Waals surface area (Å²) >= 11 is 0. The Labute approximate surface area is 167 Å². The first-order chi connectivity index (χ1) is 14.0. The van der Waals surface area contributed by atoms with Crippen molar-refractivity contribution in [1.29, 1.82) is 0 Å². The number of hydrogen-bond acceptors (Lipinski definition) is 7. The van der Waals surface area contributed by atoms with Gasteiger partial charge in [-0.2, -0.15) is 4.98 Å². The summed E-state index contributed by atoms with van der Waals surface area (Å²) in [6.07, 6.45) is 1.66. The van der Waals surface area contributed by atoms with Gasteiger partial charge in [0.2, 0.25) is 11.9 Å². The molecule has 3 N–H and O–H groups in total. The van der Waals surface area contributed by atoms with E-state index in [4.69, 9.17) is 15.2 Å². The zero-order chi connectivity index (χ0) is 20.5. The van der Waals surface area contributed by atoms with Gasteiger partial charge in [0.1, 0.15) is 6.04 Å². The number of methoxy groups -OCH3 is 2. The average molecular weight is 392 g/mol. The number of hydrogen-bond donors (Lipinski definition) is 2. The second-order valence-corrected chi connectivity index (χ2v) is 6.46. The number of fused-ring (bicyclic) bond motifs is 1. The van der Waals surface area contributed by atoms with Gasteiger partial charge in [-0.1, -0.05) is 6.07 Å². The fourth-order valence-corrected chi connectivity index (χ4v) is 3.38. The second kappa shape index (κ2) is 7.27. The van der Waals surface area contributed by atoms with Crippen molar-refractivity contribution in [3.8, 4) is 22.9 Å². The van der Waals surface area contributed by atoms with Crippen LogP contribution >= 0.6 is 0 Å². The Morgan fingerprint density at radius 2 is 1.97 bits per heavy atom. The molecule has 0 radical (unpaired) electrons. The van der Waals surface area contributed by atoms with Crippen molar-refractivity contribution in [3.05, 3.63) is 59.6 Å². The van der Waals surface area contributed by atoms with Gasteiger partial charge in [0.15, 0.2) is 17.3 Å². The summed E-state index contributed by atoms with van der Waals surface area (Å²) < 4.78 is 12.3. The van der Waals surface area contributed by atoms with E-state index in [1.165, 1.54) is 0 Å². The highest BCUT2D eigenvalue weighted by Gasteiger charge is 2.34. The maximum Gasteiger partial charge on any atom is 0.248 e. The standard InChI is InChI=1S/C20H20N6O3/c1-11-16(18(21)27)17(13-6-4-5-9-22-13)26-20(23-11)24-19(25-26)12-7-8-14(28-2)15(10-12)29-3/h4-10,17H,1-3H3,(H2,21,27)(H,23,24,25)/t17-/m0/s1. The number of pyridine rings is 1. The van der Waals surface area contributed by atoms with E-state index in [-0.39, 0.29) is 0 Å². The van der Waals surface area contributed by atoms with Gasteiger partial charge in [-0.3, -0.25) is 9.78 Å². The summed E-state index contributed by atoms with van der Waals surface area (Å²) in [5.41, 5.74) is 8.07. The molecule has 1 aliphatic rings. The molecule has 0 aliphatic carbocycles. The highest BCUT2D eigenvalue weighted by Crippen LogP contribution is 2.36. The van der Waals surface area contributed by atoms with Gasteiger partial charge >= 0.3 is 0 Å². The summed E-state index contributed by atoms with van der Waals surface area (Å²) in [5, 5.41) is 7.76. The van der Waals surface area contributed by atoms with Crippen molar-refractivity contribution < 1.29 is 14.3 Å². The number of nitrogens with zero attached hydrogens (tertiary/aromatic N) is 4. The number of nitrogens with two attached hydrogens (primary N) is 1. The summed E-state index contributed by atoms with van der Waals surface area (Å²) in [6.45, 7) is 1.78. The van der Waals surface area contributed by atoms with E-state index in [0.29, 0.717) is 40.2 Å². The first-order valence-corrected chi connectivity index (χ1v) is 8.91. The molecule has 1 aromatic carbocycles. The lowest BCUT2D eigenvalue weighted by Crippen LogP contribution is -2.32. The Bertz CT molecular complexity index is 1110. The van der Waals surface area contributed by atoms with Crippen LogP contribution in [0.5, 0.6) is 11.5 Å². The molecule has 0 spiro atoms. The molecule has 3 aromatic rings. The molecule has 9 nitrogen and oxygen atoms in total. The molecule has 1 amide bonds. The monoisotopic (exact) mass is 392 g/mol. The van der Waals surface area contributed by atoms with Crippen molar-refractivity contribution in [3.63, 3.8) is 0 Å². The van der Waals surface area contributed by atoms with E-state index < -0.39 is 11.9 Å². The number of rotatable bonds is 5. The molecule has 1 atom stereocenters. The minimum atomic E-state index is -0.577. The Balaban J connectivity index is 1.84. The number of anilines is 1. The Kier molecular flexibility index (Phi) is 4.63. The maximum absolute atomic E-state index is 12.2. The molecule has 0 fully saturated rings. The van der Waals surface area contributed by atoms with Crippen LogP contribution in [0.3, 0.4) is 0 Å². The molecule has 1 aliphatic heterocycles. The van der Waals surface area contributed by atoms with Crippen LogP contribution in [0.15, 0.2) is 53.9 Å². The number of benzene rings is 1. The Hall–Kier alpha value is -3.88. The third kappa shape index (κ3) is 3.16. The van der Waals surface area contributed by atoms with Crippen molar-refractivity contribution >= 4 is 11.9 Å². The summed E-state index contributed by atoms with van der Waals surface area (Å²) in [5.74, 6) is 1.60. The van der Waals surface area contributed by atoms with Crippen molar-refractivity contribution in [2.75, 3.05) is 19.5 Å². The molecule has 0 saturated heterocycles. The number of carbonyl (C=O) groups excluding carboxylic acids is 1. The van der Waals surface area contributed by atoms with Crippen molar-refractivity contribution in [2.45, 2.75) is 13.0 Å². The number of carbonyl (C=O) groups is 1. The van der Waals surface area contributed by atoms with Crippen LogP contribution in [0.25, 0.3) is 11.4 Å². The Morgan fingerprint density at radius 3 is 2.62 bits per heavy atom. The predicted octanol–water partition coefficient (Wildman–Crippen LogP) is 2.13. The van der Waals surface area contributed by atoms with Gasteiger partial charge in [0, 0.05) is 17.5 Å². The highest BCUT2D eigenvalue weighted by atomic mass is 16.5. The second-order valence-electron chi connectivity index (χ2n) is 6.46. The lowest BCUT2D eigenvalue weighted by atomic mass is 9.99. The lowest BCUT2D eigenvalue weighted by Gasteiger charge is -2.26. The van der Waals surface area contributed by atoms with E-state index in [2.05, 4.69) is 20.4 Å². The number of amides is 1. The van der Waals surface area contributed by atoms with Crippen molar-refractivity contribution in [2.24, 2.45) is 5.73 Å². The van der Waals surface area contributed by atoms with Crippen LogP contribution in [0.4, 0.5) is 5.95 Å². The van der Waals surface area contributed by atoms with Crippen LogP contribution in [0.2, 0.25) is 0 Å². The van der Waals surface area contributed by atoms with Gasteiger partial charge in [-0.05, 0) is 37.3 Å².